The van der Waals surface area contributed by atoms with Gasteiger partial charge < -0.3 is 8.83 Å². The Morgan fingerprint density at radius 3 is 2.48 bits per heavy atom. The quantitative estimate of drug-likeness (QED) is 0.514. The molecule has 2 aromatic heterocycles. The maximum atomic E-state index is 14.1. The number of furan rings is 1. The van der Waals surface area contributed by atoms with Crippen LogP contribution in [0.3, 0.4) is 0 Å². The van der Waals surface area contributed by atoms with E-state index in [4.69, 9.17) is 8.83 Å². The van der Waals surface area contributed by atoms with Crippen LogP contribution < -0.4 is 4.90 Å². The van der Waals surface area contributed by atoms with Gasteiger partial charge in [-0.2, -0.15) is 0 Å². The number of hydrogen-bond acceptors (Lipinski definition) is 6. The van der Waals surface area contributed by atoms with Gasteiger partial charge in [0.2, 0.25) is 11.8 Å². The van der Waals surface area contributed by atoms with Crippen molar-refractivity contribution in [3.8, 4) is 23.1 Å². The van der Waals surface area contributed by atoms with E-state index in [1.807, 2.05) is 0 Å². The van der Waals surface area contributed by atoms with Crippen LogP contribution in [-0.4, -0.2) is 22.0 Å². The summed E-state index contributed by atoms with van der Waals surface area (Å²) in [5.74, 6) is -1.24. The van der Waals surface area contributed by atoms with Gasteiger partial charge in [0, 0.05) is 12.5 Å². The molecule has 7 nitrogen and oxygen atoms in total. The first-order valence-electron chi connectivity index (χ1n) is 8.62. The van der Waals surface area contributed by atoms with Crippen LogP contribution in [0.15, 0.2) is 75.8 Å². The average molecular weight is 391 g/mol. The number of benzene rings is 2. The summed E-state index contributed by atoms with van der Waals surface area (Å²) < 4.78 is 24.9. The standard InChI is InChI=1S/C21H14FN3O4/c1-13(26)25(21(27)16-8-2-3-9-17(16)22)15-7-4-6-14(12-15)19-23-24-20(29-19)18-10-5-11-28-18/h2-12H,1H3. The minimum Gasteiger partial charge on any atom is -0.459 e. The van der Waals surface area contributed by atoms with Gasteiger partial charge in [-0.15, -0.1) is 10.2 Å². The van der Waals surface area contributed by atoms with Crippen molar-refractivity contribution < 1.29 is 22.8 Å². The van der Waals surface area contributed by atoms with E-state index in [9.17, 15) is 14.0 Å². The molecule has 0 spiro atoms. The monoisotopic (exact) mass is 391 g/mol. The molecular formula is C21H14FN3O4. The van der Waals surface area contributed by atoms with Gasteiger partial charge in [0.05, 0.1) is 17.5 Å². The van der Waals surface area contributed by atoms with Crippen molar-refractivity contribution >= 4 is 17.5 Å². The third-order valence-electron chi connectivity index (χ3n) is 4.13. The smallest absolute Gasteiger partial charge is 0.283 e. The molecule has 0 aliphatic rings. The molecule has 0 aliphatic carbocycles. The molecule has 144 valence electrons. The summed E-state index contributed by atoms with van der Waals surface area (Å²) >= 11 is 0. The number of nitrogens with zero attached hydrogens (tertiary/aromatic N) is 3. The summed E-state index contributed by atoms with van der Waals surface area (Å²) in [7, 11) is 0. The van der Waals surface area contributed by atoms with Crippen LogP contribution in [0, 0.1) is 5.82 Å². The number of amides is 2. The number of imide groups is 1. The maximum Gasteiger partial charge on any atom is 0.283 e. The van der Waals surface area contributed by atoms with Gasteiger partial charge in [-0.25, -0.2) is 9.29 Å². The molecule has 0 aliphatic heterocycles. The Kier molecular flexibility index (Phi) is 4.74. The zero-order chi connectivity index (χ0) is 20.4. The Labute approximate surface area is 164 Å². The number of carbonyl (C=O) groups excluding carboxylic acids is 2. The minimum absolute atomic E-state index is 0.181. The highest BCUT2D eigenvalue weighted by molar-refractivity contribution is 6.20. The molecule has 0 saturated heterocycles. The summed E-state index contributed by atoms with van der Waals surface area (Å²) in [4.78, 5) is 25.9. The lowest BCUT2D eigenvalue weighted by Gasteiger charge is -2.20. The summed E-state index contributed by atoms with van der Waals surface area (Å²) in [6.07, 6.45) is 1.49. The summed E-state index contributed by atoms with van der Waals surface area (Å²) in [5, 5.41) is 7.91. The van der Waals surface area contributed by atoms with Crippen molar-refractivity contribution in [2.24, 2.45) is 0 Å². The van der Waals surface area contributed by atoms with E-state index in [1.54, 1.807) is 36.4 Å². The van der Waals surface area contributed by atoms with Gasteiger partial charge in [0.1, 0.15) is 5.82 Å². The molecule has 0 atom stereocenters. The number of aromatic nitrogens is 2. The van der Waals surface area contributed by atoms with Crippen molar-refractivity contribution in [1.29, 1.82) is 0 Å². The molecule has 0 radical (unpaired) electrons. The molecule has 0 unspecified atom stereocenters. The molecule has 4 rings (SSSR count). The Hall–Kier alpha value is -4.07. The molecule has 4 aromatic rings. The van der Waals surface area contributed by atoms with E-state index in [0.29, 0.717) is 11.3 Å². The zero-order valence-corrected chi connectivity index (χ0v) is 15.2. The fourth-order valence-electron chi connectivity index (χ4n) is 2.81. The van der Waals surface area contributed by atoms with Crippen molar-refractivity contribution in [3.63, 3.8) is 0 Å². The predicted octanol–water partition coefficient (Wildman–Crippen LogP) is 4.33. The molecule has 2 amide bonds. The first-order chi connectivity index (χ1) is 14.0. The number of halogens is 1. The third-order valence-corrected chi connectivity index (χ3v) is 4.13. The number of anilines is 1. The van der Waals surface area contributed by atoms with E-state index >= 15 is 0 Å². The molecule has 2 heterocycles. The second kappa shape index (κ2) is 7.51. The molecule has 2 aromatic carbocycles. The summed E-state index contributed by atoms with van der Waals surface area (Å²) in [6.45, 7) is 1.23. The largest absolute Gasteiger partial charge is 0.459 e. The van der Waals surface area contributed by atoms with E-state index < -0.39 is 17.6 Å². The lowest BCUT2D eigenvalue weighted by molar-refractivity contribution is -0.115. The number of rotatable bonds is 4. The zero-order valence-electron chi connectivity index (χ0n) is 15.2. The van der Waals surface area contributed by atoms with Crippen molar-refractivity contribution in [2.75, 3.05) is 4.90 Å². The second-order valence-corrected chi connectivity index (χ2v) is 6.08. The van der Waals surface area contributed by atoms with Crippen LogP contribution >= 0.6 is 0 Å². The Bertz CT molecular complexity index is 1180. The van der Waals surface area contributed by atoms with Crippen molar-refractivity contribution in [3.05, 3.63) is 78.3 Å². The van der Waals surface area contributed by atoms with Crippen molar-refractivity contribution in [1.82, 2.24) is 10.2 Å². The van der Waals surface area contributed by atoms with Gasteiger partial charge in [0.25, 0.3) is 11.8 Å². The normalized spacial score (nSPS) is 10.7. The van der Waals surface area contributed by atoms with Crippen LogP contribution in [0.1, 0.15) is 17.3 Å². The fourth-order valence-corrected chi connectivity index (χ4v) is 2.81. The Morgan fingerprint density at radius 2 is 1.76 bits per heavy atom. The van der Waals surface area contributed by atoms with Gasteiger partial charge in [-0.05, 0) is 42.5 Å². The lowest BCUT2D eigenvalue weighted by atomic mass is 10.1. The Morgan fingerprint density at radius 1 is 0.966 bits per heavy atom. The van der Waals surface area contributed by atoms with E-state index in [-0.39, 0.29) is 23.0 Å². The van der Waals surface area contributed by atoms with E-state index in [0.717, 1.165) is 11.0 Å². The van der Waals surface area contributed by atoms with Gasteiger partial charge in [-0.3, -0.25) is 9.59 Å². The molecule has 8 heteroatoms. The molecule has 0 fully saturated rings. The molecular weight excluding hydrogens is 377 g/mol. The van der Waals surface area contributed by atoms with Gasteiger partial charge in [0.15, 0.2) is 5.76 Å². The van der Waals surface area contributed by atoms with Crippen LogP contribution in [0.25, 0.3) is 23.1 Å². The van der Waals surface area contributed by atoms with Crippen LogP contribution in [0.5, 0.6) is 0 Å². The van der Waals surface area contributed by atoms with Crippen LogP contribution in [0.2, 0.25) is 0 Å². The number of hydrogen-bond donors (Lipinski definition) is 0. The predicted molar refractivity (Wildman–Crippen MR) is 101 cm³/mol. The highest BCUT2D eigenvalue weighted by Crippen LogP contribution is 2.28. The minimum atomic E-state index is -0.769. The first-order valence-corrected chi connectivity index (χ1v) is 8.62. The first kappa shape index (κ1) is 18.3. The van der Waals surface area contributed by atoms with E-state index in [2.05, 4.69) is 10.2 Å². The summed E-state index contributed by atoms with van der Waals surface area (Å²) in [6, 6.07) is 15.3. The number of carbonyl (C=O) groups is 2. The van der Waals surface area contributed by atoms with Crippen LogP contribution in [-0.2, 0) is 4.79 Å². The van der Waals surface area contributed by atoms with Gasteiger partial charge >= 0.3 is 0 Å². The average Bonchev–Trinajstić information content (AvgIpc) is 3.40. The molecule has 0 saturated carbocycles. The maximum absolute atomic E-state index is 14.1. The molecule has 29 heavy (non-hydrogen) atoms. The summed E-state index contributed by atoms with van der Waals surface area (Å²) in [5.41, 5.74) is 0.535. The molecule has 0 bridgehead atoms. The second-order valence-electron chi connectivity index (χ2n) is 6.08. The van der Waals surface area contributed by atoms with Crippen LogP contribution in [0.4, 0.5) is 10.1 Å². The molecule has 0 N–H and O–H groups in total. The van der Waals surface area contributed by atoms with Gasteiger partial charge in [-0.1, -0.05) is 18.2 Å². The Balaban J connectivity index is 1.70. The topological polar surface area (TPSA) is 89.4 Å². The SMILES string of the molecule is CC(=O)N(C(=O)c1ccccc1F)c1cccc(-c2nnc(-c3ccco3)o2)c1. The van der Waals surface area contributed by atoms with E-state index in [1.165, 1.54) is 31.4 Å². The lowest BCUT2D eigenvalue weighted by Crippen LogP contribution is -2.35. The highest BCUT2D eigenvalue weighted by Gasteiger charge is 2.25. The fraction of sp³-hybridized carbons (Fsp3) is 0.0476. The van der Waals surface area contributed by atoms with Crippen molar-refractivity contribution in [2.45, 2.75) is 6.92 Å². The highest BCUT2D eigenvalue weighted by atomic mass is 19.1. The third kappa shape index (κ3) is 3.55.